The summed E-state index contributed by atoms with van der Waals surface area (Å²) in [6.45, 7) is 3.34. The van der Waals surface area contributed by atoms with Crippen LogP contribution in [0, 0.1) is 11.8 Å². The molecule has 1 aromatic rings. The van der Waals surface area contributed by atoms with Gasteiger partial charge in [0.1, 0.15) is 0 Å². The molecule has 0 bridgehead atoms. The molecule has 1 amide bonds. The molecule has 2 atom stereocenters. The third-order valence-electron chi connectivity index (χ3n) is 2.62. The Morgan fingerprint density at radius 3 is 2.29 bits per heavy atom. The highest BCUT2D eigenvalue weighted by atomic mass is 16.4. The highest BCUT2D eigenvalue weighted by Crippen LogP contribution is 2.15. The normalized spacial score (nSPS) is 13.8. The molecule has 1 rings (SSSR count). The van der Waals surface area contributed by atoms with Crippen molar-refractivity contribution in [1.29, 1.82) is 0 Å². The Hall–Kier alpha value is -1.84. The molecular formula is C13H17NO3. The summed E-state index contributed by atoms with van der Waals surface area (Å²) < 4.78 is 0. The van der Waals surface area contributed by atoms with E-state index in [0.29, 0.717) is 6.42 Å². The Balaban J connectivity index is 2.50. The van der Waals surface area contributed by atoms with Gasteiger partial charge in [-0.05, 0) is 18.6 Å². The summed E-state index contributed by atoms with van der Waals surface area (Å²) in [5.74, 6) is -1.85. The number of carboxylic acid groups (broad SMARTS) is 1. The highest BCUT2D eigenvalue weighted by Gasteiger charge is 2.20. The van der Waals surface area contributed by atoms with Gasteiger partial charge in [0.25, 0.3) is 0 Å². The number of benzene rings is 1. The Labute approximate surface area is 101 Å². The summed E-state index contributed by atoms with van der Waals surface area (Å²) in [6, 6.07) is 9.13. The first-order valence-electron chi connectivity index (χ1n) is 5.59. The summed E-state index contributed by atoms with van der Waals surface area (Å²) in [5.41, 5.74) is 0.729. The zero-order chi connectivity index (χ0) is 12.8. The number of rotatable bonds is 5. The second kappa shape index (κ2) is 6.03. The maximum absolute atomic E-state index is 11.8. The molecule has 17 heavy (non-hydrogen) atoms. The molecule has 0 radical (unpaired) electrons. The van der Waals surface area contributed by atoms with E-state index in [4.69, 9.17) is 5.11 Å². The first-order chi connectivity index (χ1) is 8.00. The number of hydrogen-bond acceptors (Lipinski definition) is 2. The Morgan fingerprint density at radius 2 is 1.76 bits per heavy atom. The van der Waals surface area contributed by atoms with Gasteiger partial charge in [-0.2, -0.15) is 0 Å². The van der Waals surface area contributed by atoms with Crippen LogP contribution in [-0.2, 0) is 9.59 Å². The fourth-order valence-electron chi connectivity index (χ4n) is 1.53. The van der Waals surface area contributed by atoms with E-state index in [0.717, 1.165) is 5.69 Å². The first-order valence-corrected chi connectivity index (χ1v) is 5.59. The lowest BCUT2D eigenvalue weighted by Gasteiger charge is -2.14. The summed E-state index contributed by atoms with van der Waals surface area (Å²) in [6.07, 6.45) is 0.341. The SMILES string of the molecule is C[C@H](C[C@H](C)C(=O)Nc1ccccc1)C(=O)O. The van der Waals surface area contributed by atoms with Crippen molar-refractivity contribution in [3.63, 3.8) is 0 Å². The molecule has 0 saturated carbocycles. The molecule has 4 heteroatoms. The Morgan fingerprint density at radius 1 is 1.18 bits per heavy atom. The summed E-state index contributed by atoms with van der Waals surface area (Å²) >= 11 is 0. The third kappa shape index (κ3) is 4.26. The van der Waals surface area contributed by atoms with Crippen molar-refractivity contribution in [1.82, 2.24) is 0 Å². The predicted molar refractivity (Wildman–Crippen MR) is 65.7 cm³/mol. The van der Waals surface area contributed by atoms with Crippen LogP contribution in [0.3, 0.4) is 0 Å². The van der Waals surface area contributed by atoms with Crippen LogP contribution in [0.2, 0.25) is 0 Å². The van der Waals surface area contributed by atoms with Gasteiger partial charge in [-0.25, -0.2) is 0 Å². The van der Waals surface area contributed by atoms with Crippen LogP contribution in [0.5, 0.6) is 0 Å². The van der Waals surface area contributed by atoms with Crippen molar-refractivity contribution < 1.29 is 14.7 Å². The second-order valence-corrected chi connectivity index (χ2v) is 4.23. The van der Waals surface area contributed by atoms with E-state index in [-0.39, 0.29) is 11.8 Å². The average molecular weight is 235 g/mol. The summed E-state index contributed by atoms with van der Waals surface area (Å²) in [4.78, 5) is 22.5. The molecule has 0 aliphatic rings. The van der Waals surface area contributed by atoms with Crippen LogP contribution in [-0.4, -0.2) is 17.0 Å². The molecule has 0 unspecified atom stereocenters. The van der Waals surface area contributed by atoms with E-state index < -0.39 is 11.9 Å². The number of nitrogens with one attached hydrogen (secondary N) is 1. The number of anilines is 1. The molecule has 0 saturated heterocycles. The Bertz CT molecular complexity index is 389. The van der Waals surface area contributed by atoms with Gasteiger partial charge in [0.15, 0.2) is 0 Å². The van der Waals surface area contributed by atoms with Crippen LogP contribution in [0.1, 0.15) is 20.3 Å². The fourth-order valence-corrected chi connectivity index (χ4v) is 1.53. The molecule has 0 aliphatic carbocycles. The number of aliphatic carboxylic acids is 1. The lowest BCUT2D eigenvalue weighted by atomic mass is 9.97. The van der Waals surface area contributed by atoms with Crippen molar-refractivity contribution in [2.24, 2.45) is 11.8 Å². The maximum atomic E-state index is 11.8. The number of carbonyl (C=O) groups excluding carboxylic acids is 1. The predicted octanol–water partition coefficient (Wildman–Crippen LogP) is 2.37. The van der Waals surface area contributed by atoms with Crippen molar-refractivity contribution in [2.75, 3.05) is 5.32 Å². The lowest BCUT2D eigenvalue weighted by Crippen LogP contribution is -2.24. The molecule has 0 aliphatic heterocycles. The van der Waals surface area contributed by atoms with E-state index in [1.165, 1.54) is 0 Å². The largest absolute Gasteiger partial charge is 0.481 e. The molecular weight excluding hydrogens is 218 g/mol. The van der Waals surface area contributed by atoms with Gasteiger partial charge in [0, 0.05) is 11.6 Å². The van der Waals surface area contributed by atoms with Gasteiger partial charge in [-0.1, -0.05) is 32.0 Å². The van der Waals surface area contributed by atoms with Crippen molar-refractivity contribution in [2.45, 2.75) is 20.3 Å². The summed E-state index contributed by atoms with van der Waals surface area (Å²) in [7, 11) is 0. The van der Waals surface area contributed by atoms with Gasteiger partial charge in [-0.15, -0.1) is 0 Å². The zero-order valence-electron chi connectivity index (χ0n) is 10.0. The minimum absolute atomic E-state index is 0.149. The number of hydrogen-bond donors (Lipinski definition) is 2. The van der Waals surface area contributed by atoms with Gasteiger partial charge >= 0.3 is 5.97 Å². The number of carbonyl (C=O) groups is 2. The lowest BCUT2D eigenvalue weighted by molar-refractivity contribution is -0.141. The minimum atomic E-state index is -0.871. The molecule has 0 fully saturated rings. The van der Waals surface area contributed by atoms with Gasteiger partial charge in [0.2, 0.25) is 5.91 Å². The van der Waals surface area contributed by atoms with Crippen LogP contribution in [0.4, 0.5) is 5.69 Å². The first kappa shape index (κ1) is 13.2. The van der Waals surface area contributed by atoms with Gasteiger partial charge in [-0.3, -0.25) is 9.59 Å². The van der Waals surface area contributed by atoms with Crippen molar-refractivity contribution in [3.8, 4) is 0 Å². The molecule has 4 nitrogen and oxygen atoms in total. The summed E-state index contributed by atoms with van der Waals surface area (Å²) in [5, 5.41) is 11.5. The maximum Gasteiger partial charge on any atom is 0.306 e. The third-order valence-corrected chi connectivity index (χ3v) is 2.62. The molecule has 0 aromatic heterocycles. The molecule has 1 aromatic carbocycles. The molecule has 2 N–H and O–H groups in total. The van der Waals surface area contributed by atoms with Gasteiger partial charge < -0.3 is 10.4 Å². The molecule has 92 valence electrons. The quantitative estimate of drug-likeness (QED) is 0.823. The Kier molecular flexibility index (Phi) is 4.69. The topological polar surface area (TPSA) is 66.4 Å². The van der Waals surface area contributed by atoms with Crippen LogP contribution < -0.4 is 5.32 Å². The standard InChI is InChI=1S/C13H17NO3/c1-9(8-10(2)13(16)17)12(15)14-11-6-4-3-5-7-11/h3-7,9-10H,8H2,1-2H3,(H,14,15)(H,16,17)/t9-,10+/m0/s1. The smallest absolute Gasteiger partial charge is 0.306 e. The van der Waals surface area contributed by atoms with E-state index in [1.807, 2.05) is 18.2 Å². The monoisotopic (exact) mass is 235 g/mol. The second-order valence-electron chi connectivity index (χ2n) is 4.23. The minimum Gasteiger partial charge on any atom is -0.481 e. The van der Waals surface area contributed by atoms with E-state index >= 15 is 0 Å². The van der Waals surface area contributed by atoms with Crippen molar-refractivity contribution >= 4 is 17.6 Å². The van der Waals surface area contributed by atoms with Crippen LogP contribution in [0.15, 0.2) is 30.3 Å². The molecule has 0 heterocycles. The number of carboxylic acids is 1. The highest BCUT2D eigenvalue weighted by molar-refractivity contribution is 5.92. The van der Waals surface area contributed by atoms with E-state index in [1.54, 1.807) is 26.0 Å². The number of para-hydroxylation sites is 1. The van der Waals surface area contributed by atoms with E-state index in [9.17, 15) is 9.59 Å². The fraction of sp³-hybridized carbons (Fsp3) is 0.385. The van der Waals surface area contributed by atoms with E-state index in [2.05, 4.69) is 5.32 Å². The number of amides is 1. The molecule has 0 spiro atoms. The van der Waals surface area contributed by atoms with Crippen molar-refractivity contribution in [3.05, 3.63) is 30.3 Å². The van der Waals surface area contributed by atoms with Crippen LogP contribution >= 0.6 is 0 Å². The zero-order valence-corrected chi connectivity index (χ0v) is 10.0. The van der Waals surface area contributed by atoms with Crippen LogP contribution in [0.25, 0.3) is 0 Å². The average Bonchev–Trinajstić information content (AvgIpc) is 2.29. The van der Waals surface area contributed by atoms with Gasteiger partial charge in [0.05, 0.1) is 5.92 Å².